The molecule has 5 aromatic rings. The van der Waals surface area contributed by atoms with Gasteiger partial charge in [-0.2, -0.15) is 0 Å². The number of imidazole rings is 1. The predicted octanol–water partition coefficient (Wildman–Crippen LogP) is 5.79. The highest BCUT2D eigenvalue weighted by Crippen LogP contribution is 2.43. The number of aliphatic hydroxyl groups is 1. The molecule has 40 heavy (non-hydrogen) atoms. The van der Waals surface area contributed by atoms with Crippen LogP contribution >= 0.6 is 11.3 Å². The van der Waals surface area contributed by atoms with Gasteiger partial charge in [0.15, 0.2) is 5.76 Å². The maximum atomic E-state index is 14.1. The normalized spacial score (nSPS) is 15.2. The lowest BCUT2D eigenvalue weighted by atomic mass is 9.95. The van der Waals surface area contributed by atoms with E-state index in [0.29, 0.717) is 43.7 Å². The molecule has 0 aliphatic carbocycles. The topological polar surface area (TPSA) is 118 Å². The Morgan fingerprint density at radius 1 is 0.975 bits per heavy atom. The fraction of sp³-hybridized carbons (Fsp3) is 0.133. The first-order valence-corrected chi connectivity index (χ1v) is 13.2. The quantitative estimate of drug-likeness (QED) is 0.245. The van der Waals surface area contributed by atoms with Crippen molar-refractivity contribution in [2.24, 2.45) is 0 Å². The Balaban J connectivity index is 1.47. The summed E-state index contributed by atoms with van der Waals surface area (Å²) in [6.45, 7) is 1.75. The van der Waals surface area contributed by atoms with Crippen LogP contribution in [0, 0.1) is 6.92 Å². The van der Waals surface area contributed by atoms with Crippen LogP contribution in [0.2, 0.25) is 0 Å². The minimum Gasteiger partial charge on any atom is -0.503 e. The number of aryl methyl sites for hydroxylation is 1. The van der Waals surface area contributed by atoms with Gasteiger partial charge < -0.3 is 19.6 Å². The van der Waals surface area contributed by atoms with Crippen LogP contribution < -0.4 is 14.4 Å². The highest BCUT2D eigenvalue weighted by atomic mass is 32.1. The van der Waals surface area contributed by atoms with Gasteiger partial charge in [-0.25, -0.2) is 9.97 Å². The van der Waals surface area contributed by atoms with Crippen molar-refractivity contribution in [2.75, 3.05) is 19.1 Å². The van der Waals surface area contributed by atoms with Crippen molar-refractivity contribution >= 4 is 40.0 Å². The lowest BCUT2D eigenvalue weighted by molar-refractivity contribution is -0.117. The van der Waals surface area contributed by atoms with Crippen molar-refractivity contribution in [2.45, 2.75) is 13.0 Å². The number of rotatable bonds is 7. The molecule has 6 rings (SSSR count). The van der Waals surface area contributed by atoms with Crippen LogP contribution in [-0.4, -0.2) is 46.0 Å². The van der Waals surface area contributed by atoms with Gasteiger partial charge in [-0.3, -0.25) is 14.5 Å². The van der Waals surface area contributed by atoms with Crippen molar-refractivity contribution in [1.82, 2.24) is 15.0 Å². The molecule has 3 aromatic carbocycles. The second-order valence-corrected chi connectivity index (χ2v) is 10.2. The molecule has 1 unspecified atom stereocenters. The van der Waals surface area contributed by atoms with Crippen LogP contribution in [-0.2, 0) is 4.79 Å². The second-order valence-electron chi connectivity index (χ2n) is 9.19. The lowest BCUT2D eigenvalue weighted by Gasteiger charge is -2.24. The minimum absolute atomic E-state index is 0.0421. The standard InChI is InChI=1S/C30H24N4O5S/c1-16-27(40-28(31-16)18-7-5-4-6-8-18)25(35)23-24(17-9-11-19(38-2)12-10-17)34(29(37)26(23)36)30-32-21-14-13-20(39-3)15-22(21)33-30/h4-15,24,36H,1-3H3,(H,32,33). The van der Waals surface area contributed by atoms with Crippen LogP contribution in [0.5, 0.6) is 11.5 Å². The van der Waals surface area contributed by atoms with Crippen molar-refractivity contribution in [3.05, 3.63) is 100 Å². The van der Waals surface area contributed by atoms with E-state index in [2.05, 4.69) is 15.0 Å². The number of benzene rings is 3. The van der Waals surface area contributed by atoms with Crippen LogP contribution in [0.15, 0.2) is 84.1 Å². The molecular weight excluding hydrogens is 528 g/mol. The number of anilines is 1. The van der Waals surface area contributed by atoms with Crippen LogP contribution in [0.1, 0.15) is 27.0 Å². The average Bonchev–Trinajstić information content (AvgIpc) is 3.66. The van der Waals surface area contributed by atoms with Gasteiger partial charge in [-0.1, -0.05) is 42.5 Å². The summed E-state index contributed by atoms with van der Waals surface area (Å²) in [5, 5.41) is 11.9. The monoisotopic (exact) mass is 552 g/mol. The first-order valence-electron chi connectivity index (χ1n) is 12.4. The van der Waals surface area contributed by atoms with E-state index in [4.69, 9.17) is 9.47 Å². The smallest absolute Gasteiger partial charge is 0.296 e. The third-order valence-corrected chi connectivity index (χ3v) is 8.02. The zero-order valence-corrected chi connectivity index (χ0v) is 22.7. The summed E-state index contributed by atoms with van der Waals surface area (Å²) in [5.41, 5.74) is 3.19. The number of amides is 1. The van der Waals surface area contributed by atoms with E-state index in [-0.39, 0.29) is 11.5 Å². The summed E-state index contributed by atoms with van der Waals surface area (Å²) in [6, 6.07) is 20.9. The van der Waals surface area contributed by atoms with E-state index >= 15 is 0 Å². The molecule has 0 bridgehead atoms. The molecule has 0 saturated heterocycles. The van der Waals surface area contributed by atoms with E-state index in [1.807, 2.05) is 30.3 Å². The lowest BCUT2D eigenvalue weighted by Crippen LogP contribution is -2.32. The number of nitrogens with zero attached hydrogens (tertiary/aromatic N) is 3. The SMILES string of the molecule is COc1ccc(C2C(C(=O)c3sc(-c4ccccc4)nc3C)=C(O)C(=O)N2c2nc3ccc(OC)cc3[nH]2)cc1. The van der Waals surface area contributed by atoms with Gasteiger partial charge in [-0.05, 0) is 36.8 Å². The van der Waals surface area contributed by atoms with Crippen molar-refractivity contribution in [3.8, 4) is 22.1 Å². The zero-order valence-electron chi connectivity index (χ0n) is 21.8. The van der Waals surface area contributed by atoms with Gasteiger partial charge in [0, 0.05) is 11.6 Å². The molecule has 1 atom stereocenters. The number of aromatic nitrogens is 3. The van der Waals surface area contributed by atoms with Crippen molar-refractivity contribution < 1.29 is 24.2 Å². The number of aliphatic hydroxyl groups excluding tert-OH is 1. The molecule has 9 nitrogen and oxygen atoms in total. The molecule has 200 valence electrons. The summed E-state index contributed by atoms with van der Waals surface area (Å²) < 4.78 is 10.6. The summed E-state index contributed by atoms with van der Waals surface area (Å²) in [5.74, 6) is -0.409. The van der Waals surface area contributed by atoms with E-state index in [9.17, 15) is 14.7 Å². The molecule has 0 fully saturated rings. The number of thiazole rings is 1. The highest BCUT2D eigenvalue weighted by Gasteiger charge is 2.46. The Bertz CT molecular complexity index is 1790. The van der Waals surface area contributed by atoms with E-state index in [0.717, 1.165) is 5.56 Å². The molecule has 0 saturated carbocycles. The summed E-state index contributed by atoms with van der Waals surface area (Å²) in [4.78, 5) is 41.7. The number of nitrogens with one attached hydrogen (secondary N) is 1. The summed E-state index contributed by atoms with van der Waals surface area (Å²) in [7, 11) is 3.12. The van der Waals surface area contributed by atoms with Crippen molar-refractivity contribution in [3.63, 3.8) is 0 Å². The summed E-state index contributed by atoms with van der Waals surface area (Å²) >= 11 is 1.23. The fourth-order valence-electron chi connectivity index (χ4n) is 4.81. The Morgan fingerprint density at radius 3 is 2.38 bits per heavy atom. The largest absolute Gasteiger partial charge is 0.503 e. The number of Topliss-reactive ketones (excluding diaryl/α,β-unsaturated/α-hetero) is 1. The van der Waals surface area contributed by atoms with E-state index < -0.39 is 23.5 Å². The molecule has 1 aliphatic heterocycles. The Morgan fingerprint density at radius 2 is 1.68 bits per heavy atom. The van der Waals surface area contributed by atoms with Crippen LogP contribution in [0.3, 0.4) is 0 Å². The first kappa shape index (κ1) is 25.3. The fourth-order valence-corrected chi connectivity index (χ4v) is 5.83. The van der Waals surface area contributed by atoms with Crippen molar-refractivity contribution in [1.29, 1.82) is 0 Å². The molecule has 1 amide bonds. The number of hydrogen-bond acceptors (Lipinski definition) is 8. The predicted molar refractivity (Wildman–Crippen MR) is 152 cm³/mol. The molecule has 0 spiro atoms. The van der Waals surface area contributed by atoms with Gasteiger partial charge >= 0.3 is 0 Å². The number of hydrogen-bond donors (Lipinski definition) is 2. The number of fused-ring (bicyclic) bond motifs is 1. The number of ketones is 1. The van der Waals surface area contributed by atoms with E-state index in [1.54, 1.807) is 63.6 Å². The van der Waals surface area contributed by atoms with Gasteiger partial charge in [0.2, 0.25) is 11.7 Å². The maximum absolute atomic E-state index is 14.1. The van der Waals surface area contributed by atoms with Crippen LogP contribution in [0.25, 0.3) is 21.6 Å². The zero-order chi connectivity index (χ0) is 28.0. The first-order chi connectivity index (χ1) is 19.4. The molecular formula is C30H24N4O5S. The number of methoxy groups -OCH3 is 2. The minimum atomic E-state index is -0.949. The number of carbonyl (C=O) groups is 2. The van der Waals surface area contributed by atoms with Gasteiger partial charge in [0.25, 0.3) is 5.91 Å². The molecule has 1 aliphatic rings. The Kier molecular flexibility index (Phi) is 6.31. The summed E-state index contributed by atoms with van der Waals surface area (Å²) in [6.07, 6.45) is 0. The molecule has 2 N–H and O–H groups in total. The third kappa shape index (κ3) is 4.18. The average molecular weight is 553 g/mol. The third-order valence-electron chi connectivity index (χ3n) is 6.81. The maximum Gasteiger partial charge on any atom is 0.296 e. The Hall–Kier alpha value is -4.96. The van der Waals surface area contributed by atoms with Gasteiger partial charge in [0.05, 0.1) is 47.4 Å². The number of aromatic amines is 1. The Labute approximate surface area is 233 Å². The highest BCUT2D eigenvalue weighted by molar-refractivity contribution is 7.17. The number of H-pyrrole nitrogens is 1. The van der Waals surface area contributed by atoms with Gasteiger partial charge in [-0.15, -0.1) is 11.3 Å². The molecule has 10 heteroatoms. The number of ether oxygens (including phenoxy) is 2. The molecule has 3 heterocycles. The second kappa shape index (κ2) is 9.97. The van der Waals surface area contributed by atoms with Crippen LogP contribution in [0.4, 0.5) is 5.95 Å². The number of carbonyl (C=O) groups excluding carboxylic acids is 2. The van der Waals surface area contributed by atoms with E-state index in [1.165, 1.54) is 16.2 Å². The molecule has 0 radical (unpaired) electrons. The van der Waals surface area contributed by atoms with Gasteiger partial charge in [0.1, 0.15) is 16.5 Å². The molecule has 2 aromatic heterocycles.